The van der Waals surface area contributed by atoms with E-state index in [0.29, 0.717) is 0 Å². The quantitative estimate of drug-likeness (QED) is 0.826. The highest BCUT2D eigenvalue weighted by Gasteiger charge is 2.03. The molecule has 7 heteroatoms. The van der Waals surface area contributed by atoms with Gasteiger partial charge in [0, 0.05) is 28.9 Å². The fourth-order valence-electron chi connectivity index (χ4n) is 1.19. The first kappa shape index (κ1) is 12.2. The molecule has 2 aromatic rings. The van der Waals surface area contributed by atoms with E-state index in [1.165, 1.54) is 11.3 Å². The lowest BCUT2D eigenvalue weighted by molar-refractivity contribution is 0.409. The number of hydrogen-bond donors (Lipinski definition) is 1. The Morgan fingerprint density at radius 1 is 1.44 bits per heavy atom. The SMILES string of the molecule is Brc1cc(CNCCc2ncon2)sc1Br. The van der Waals surface area contributed by atoms with Crippen LogP contribution in [0.4, 0.5) is 0 Å². The van der Waals surface area contributed by atoms with Crippen LogP contribution in [0.3, 0.4) is 0 Å². The van der Waals surface area contributed by atoms with Crippen LogP contribution in [-0.4, -0.2) is 16.7 Å². The third-order valence-electron chi connectivity index (χ3n) is 1.93. The van der Waals surface area contributed by atoms with Crippen LogP contribution < -0.4 is 5.32 Å². The van der Waals surface area contributed by atoms with E-state index in [0.717, 1.165) is 33.6 Å². The fourth-order valence-corrected chi connectivity index (χ4v) is 3.34. The van der Waals surface area contributed by atoms with Crippen molar-refractivity contribution < 1.29 is 4.52 Å². The second-order valence-corrected chi connectivity index (χ2v) is 6.42. The monoisotopic (exact) mass is 365 g/mol. The van der Waals surface area contributed by atoms with Crippen LogP contribution in [0.25, 0.3) is 0 Å². The summed E-state index contributed by atoms with van der Waals surface area (Å²) >= 11 is 8.65. The van der Waals surface area contributed by atoms with Crippen molar-refractivity contribution in [2.45, 2.75) is 13.0 Å². The van der Waals surface area contributed by atoms with Crippen molar-refractivity contribution in [3.8, 4) is 0 Å². The molecule has 0 spiro atoms. The van der Waals surface area contributed by atoms with Crippen molar-refractivity contribution in [2.75, 3.05) is 6.54 Å². The van der Waals surface area contributed by atoms with Gasteiger partial charge in [0.2, 0.25) is 6.39 Å². The number of hydrogen-bond acceptors (Lipinski definition) is 5. The highest BCUT2D eigenvalue weighted by atomic mass is 79.9. The summed E-state index contributed by atoms with van der Waals surface area (Å²) in [6.45, 7) is 1.69. The molecule has 0 saturated carbocycles. The third kappa shape index (κ3) is 3.38. The average Bonchev–Trinajstić information content (AvgIpc) is 2.85. The topological polar surface area (TPSA) is 51.0 Å². The second kappa shape index (κ2) is 5.90. The molecule has 0 fully saturated rings. The fraction of sp³-hybridized carbons (Fsp3) is 0.333. The Hall–Kier alpha value is -0.240. The standard InChI is InChI=1S/C9H9Br2N3OS/c10-7-3-6(16-9(7)11)4-12-2-1-8-13-5-15-14-8/h3,5,12H,1-2,4H2. The summed E-state index contributed by atoms with van der Waals surface area (Å²) in [5, 5.41) is 7.07. The van der Waals surface area contributed by atoms with E-state index in [-0.39, 0.29) is 0 Å². The van der Waals surface area contributed by atoms with Gasteiger partial charge >= 0.3 is 0 Å². The smallest absolute Gasteiger partial charge is 0.213 e. The normalized spacial score (nSPS) is 10.9. The Morgan fingerprint density at radius 2 is 2.31 bits per heavy atom. The summed E-state index contributed by atoms with van der Waals surface area (Å²) in [6, 6.07) is 2.11. The lowest BCUT2D eigenvalue weighted by atomic mass is 10.4. The van der Waals surface area contributed by atoms with Gasteiger partial charge in [-0.25, -0.2) is 0 Å². The van der Waals surface area contributed by atoms with Crippen molar-refractivity contribution in [1.82, 2.24) is 15.5 Å². The average molecular weight is 367 g/mol. The lowest BCUT2D eigenvalue weighted by Gasteiger charge is -1.99. The number of halogens is 2. The number of rotatable bonds is 5. The van der Waals surface area contributed by atoms with Crippen LogP contribution in [0.2, 0.25) is 0 Å². The van der Waals surface area contributed by atoms with Gasteiger partial charge in [0.15, 0.2) is 5.82 Å². The summed E-state index contributed by atoms with van der Waals surface area (Å²) in [4.78, 5) is 5.23. The zero-order valence-electron chi connectivity index (χ0n) is 8.24. The van der Waals surface area contributed by atoms with Crippen LogP contribution in [0, 0.1) is 0 Å². The molecule has 86 valence electrons. The van der Waals surface area contributed by atoms with Gasteiger partial charge in [-0.3, -0.25) is 0 Å². The van der Waals surface area contributed by atoms with E-state index in [9.17, 15) is 0 Å². The van der Waals surface area contributed by atoms with Crippen LogP contribution in [0.5, 0.6) is 0 Å². The predicted octanol–water partition coefficient (Wildman–Crippen LogP) is 2.99. The summed E-state index contributed by atoms with van der Waals surface area (Å²) in [7, 11) is 0. The van der Waals surface area contributed by atoms with Crippen molar-refractivity contribution in [3.63, 3.8) is 0 Å². The van der Waals surface area contributed by atoms with Crippen LogP contribution >= 0.6 is 43.2 Å². The zero-order chi connectivity index (χ0) is 11.4. The molecule has 4 nitrogen and oxygen atoms in total. The Kier molecular flexibility index (Phi) is 4.51. The van der Waals surface area contributed by atoms with Crippen LogP contribution in [0.15, 0.2) is 25.2 Å². The van der Waals surface area contributed by atoms with Gasteiger partial charge in [-0.1, -0.05) is 5.16 Å². The molecule has 0 aliphatic heterocycles. The number of thiophene rings is 1. The van der Waals surface area contributed by atoms with Gasteiger partial charge in [0.1, 0.15) is 0 Å². The van der Waals surface area contributed by atoms with Gasteiger partial charge in [0.05, 0.1) is 3.79 Å². The van der Waals surface area contributed by atoms with E-state index in [1.807, 2.05) is 0 Å². The molecule has 0 amide bonds. The lowest BCUT2D eigenvalue weighted by Crippen LogP contribution is -2.16. The maximum atomic E-state index is 4.65. The second-order valence-electron chi connectivity index (χ2n) is 3.11. The Bertz CT molecular complexity index is 424. The minimum absolute atomic E-state index is 0.737. The summed E-state index contributed by atoms with van der Waals surface area (Å²) < 4.78 is 6.88. The van der Waals surface area contributed by atoms with Gasteiger partial charge in [0.25, 0.3) is 0 Å². The van der Waals surface area contributed by atoms with Crippen LogP contribution in [0.1, 0.15) is 10.7 Å². The van der Waals surface area contributed by atoms with Gasteiger partial charge in [-0.05, 0) is 37.9 Å². The van der Waals surface area contributed by atoms with Crippen molar-refractivity contribution in [2.24, 2.45) is 0 Å². The van der Waals surface area contributed by atoms with E-state index < -0.39 is 0 Å². The van der Waals surface area contributed by atoms with E-state index in [4.69, 9.17) is 0 Å². The Morgan fingerprint density at radius 3 is 2.94 bits per heavy atom. The molecular formula is C9H9Br2N3OS. The molecule has 2 heterocycles. The highest BCUT2D eigenvalue weighted by Crippen LogP contribution is 2.32. The molecule has 0 aromatic carbocycles. The first-order valence-corrected chi connectivity index (χ1v) is 7.05. The molecule has 0 radical (unpaired) electrons. The Balaban J connectivity index is 1.72. The van der Waals surface area contributed by atoms with E-state index in [2.05, 4.69) is 57.9 Å². The first-order valence-electron chi connectivity index (χ1n) is 4.65. The van der Waals surface area contributed by atoms with Gasteiger partial charge in [-0.15, -0.1) is 11.3 Å². The molecule has 2 aromatic heterocycles. The van der Waals surface area contributed by atoms with Crippen molar-refractivity contribution in [3.05, 3.63) is 31.4 Å². The molecule has 2 rings (SSSR count). The summed E-state index contributed by atoms with van der Waals surface area (Å²) in [5.41, 5.74) is 0. The maximum absolute atomic E-state index is 4.65. The largest absolute Gasteiger partial charge is 0.343 e. The molecule has 0 saturated heterocycles. The molecular weight excluding hydrogens is 358 g/mol. The minimum atomic E-state index is 0.737. The molecule has 1 N–H and O–H groups in total. The Labute approximate surface area is 114 Å². The molecule has 0 aliphatic rings. The van der Waals surface area contributed by atoms with Gasteiger partial charge in [-0.2, -0.15) is 4.98 Å². The van der Waals surface area contributed by atoms with E-state index in [1.54, 1.807) is 11.3 Å². The number of nitrogens with zero attached hydrogens (tertiary/aromatic N) is 2. The van der Waals surface area contributed by atoms with Gasteiger partial charge < -0.3 is 9.84 Å². The highest BCUT2D eigenvalue weighted by molar-refractivity contribution is 9.13. The third-order valence-corrected chi connectivity index (χ3v) is 5.18. The molecule has 0 atom stereocenters. The first-order chi connectivity index (χ1) is 7.75. The minimum Gasteiger partial charge on any atom is -0.343 e. The summed E-state index contributed by atoms with van der Waals surface area (Å²) in [5.74, 6) is 0.737. The zero-order valence-corrected chi connectivity index (χ0v) is 12.2. The van der Waals surface area contributed by atoms with Crippen molar-refractivity contribution in [1.29, 1.82) is 0 Å². The van der Waals surface area contributed by atoms with Crippen molar-refractivity contribution >= 4 is 43.2 Å². The molecule has 0 bridgehead atoms. The molecule has 0 aliphatic carbocycles. The molecule has 16 heavy (non-hydrogen) atoms. The summed E-state index contributed by atoms with van der Waals surface area (Å²) in [6.07, 6.45) is 2.13. The van der Waals surface area contributed by atoms with Crippen LogP contribution in [-0.2, 0) is 13.0 Å². The maximum Gasteiger partial charge on any atom is 0.213 e. The number of nitrogens with one attached hydrogen (secondary N) is 1. The van der Waals surface area contributed by atoms with E-state index >= 15 is 0 Å². The molecule has 0 unspecified atom stereocenters. The number of aromatic nitrogens is 2. The predicted molar refractivity (Wildman–Crippen MR) is 69.4 cm³/mol.